The zero-order chi connectivity index (χ0) is 16.9. The Labute approximate surface area is 143 Å². The van der Waals surface area contributed by atoms with Crippen LogP contribution in [0.1, 0.15) is 39.0 Å². The van der Waals surface area contributed by atoms with Gasteiger partial charge in [0.25, 0.3) is 0 Å². The molecule has 0 aliphatic heterocycles. The first-order chi connectivity index (χ1) is 10.9. The van der Waals surface area contributed by atoms with Gasteiger partial charge < -0.3 is 4.90 Å². The van der Waals surface area contributed by atoms with Gasteiger partial charge in [-0.3, -0.25) is 4.79 Å². The van der Waals surface area contributed by atoms with Gasteiger partial charge in [-0.2, -0.15) is 0 Å². The first kappa shape index (κ1) is 18.2. The maximum atomic E-state index is 12.2. The normalized spacial score (nSPS) is 16.3. The highest BCUT2D eigenvalue weighted by atomic mass is 35.5. The molecule has 1 saturated carbocycles. The monoisotopic (exact) mass is 358 g/mol. The van der Waals surface area contributed by atoms with Crippen LogP contribution in [0.4, 0.5) is 0 Å². The quantitative estimate of drug-likeness (QED) is 0.850. The molecule has 128 valence electrons. The van der Waals surface area contributed by atoms with E-state index in [1.807, 2.05) is 0 Å². The molecule has 1 aliphatic carbocycles. The molecule has 7 heteroatoms. The predicted octanol–water partition coefficient (Wildman–Crippen LogP) is 2.80. The van der Waals surface area contributed by atoms with E-state index in [-0.39, 0.29) is 23.4 Å². The molecule has 0 heterocycles. The number of hydrogen-bond donors (Lipinski definition) is 1. The Kier molecular flexibility index (Phi) is 6.44. The summed E-state index contributed by atoms with van der Waals surface area (Å²) in [5, 5.41) is 0.490. The van der Waals surface area contributed by atoms with E-state index in [2.05, 4.69) is 4.72 Å². The lowest BCUT2D eigenvalue weighted by Gasteiger charge is -2.33. The second-order valence-electron chi connectivity index (χ2n) is 5.86. The fourth-order valence-corrected chi connectivity index (χ4v) is 4.13. The topological polar surface area (TPSA) is 66.5 Å². The van der Waals surface area contributed by atoms with E-state index >= 15 is 0 Å². The Balaban J connectivity index is 1.93. The number of carbonyl (C=O) groups excluding carboxylic acids is 1. The maximum absolute atomic E-state index is 12.2. The first-order valence-corrected chi connectivity index (χ1v) is 9.79. The van der Waals surface area contributed by atoms with E-state index in [0.717, 1.165) is 25.7 Å². The second-order valence-corrected chi connectivity index (χ2v) is 8.06. The molecule has 0 atom stereocenters. The molecule has 1 amide bonds. The molecule has 1 N–H and O–H groups in total. The van der Waals surface area contributed by atoms with E-state index in [1.165, 1.54) is 18.6 Å². The van der Waals surface area contributed by atoms with Gasteiger partial charge in [0, 0.05) is 31.1 Å². The summed E-state index contributed by atoms with van der Waals surface area (Å²) in [6.07, 6.45) is 5.48. The lowest BCUT2D eigenvalue weighted by atomic mass is 9.94. The molecule has 0 spiro atoms. The largest absolute Gasteiger partial charge is 0.339 e. The van der Waals surface area contributed by atoms with E-state index in [1.54, 1.807) is 24.0 Å². The standard InChI is InChI=1S/C16H23ClN2O3S/c1-13(20)19(15-5-3-2-4-6-15)12-11-18-23(21,22)16-9-7-14(17)8-10-16/h7-10,15,18H,2-6,11-12H2,1H3. The van der Waals surface area contributed by atoms with E-state index < -0.39 is 10.0 Å². The molecule has 1 aromatic carbocycles. The van der Waals surface area contributed by atoms with Gasteiger partial charge in [0.15, 0.2) is 0 Å². The SMILES string of the molecule is CC(=O)N(CCNS(=O)(=O)c1ccc(Cl)cc1)C1CCCCC1. The molecule has 2 rings (SSSR count). The highest BCUT2D eigenvalue weighted by Gasteiger charge is 2.23. The number of halogens is 1. The van der Waals surface area contributed by atoms with Crippen LogP contribution in [0.15, 0.2) is 29.2 Å². The minimum absolute atomic E-state index is 0.00240. The average molecular weight is 359 g/mol. The number of nitrogens with zero attached hydrogens (tertiary/aromatic N) is 1. The fraction of sp³-hybridized carbons (Fsp3) is 0.562. The minimum atomic E-state index is -3.58. The van der Waals surface area contributed by atoms with Crippen LogP contribution >= 0.6 is 11.6 Å². The number of sulfonamides is 1. The predicted molar refractivity (Wildman–Crippen MR) is 90.9 cm³/mol. The third-order valence-electron chi connectivity index (χ3n) is 4.19. The van der Waals surface area contributed by atoms with Gasteiger partial charge in [0.05, 0.1) is 4.90 Å². The van der Waals surface area contributed by atoms with Gasteiger partial charge in [-0.15, -0.1) is 0 Å². The van der Waals surface area contributed by atoms with Gasteiger partial charge in [0.1, 0.15) is 0 Å². The van der Waals surface area contributed by atoms with Crippen LogP contribution in [0.3, 0.4) is 0 Å². The van der Waals surface area contributed by atoms with Crippen molar-refractivity contribution in [1.29, 1.82) is 0 Å². The Bertz CT molecular complexity index is 625. The number of carbonyl (C=O) groups is 1. The van der Waals surface area contributed by atoms with Crippen LogP contribution in [0, 0.1) is 0 Å². The van der Waals surface area contributed by atoms with Crippen LogP contribution in [-0.2, 0) is 14.8 Å². The third kappa shape index (κ3) is 5.19. The zero-order valence-corrected chi connectivity index (χ0v) is 14.9. The second kappa shape index (κ2) is 8.13. The van der Waals surface area contributed by atoms with Gasteiger partial charge in [-0.05, 0) is 37.1 Å². The third-order valence-corrected chi connectivity index (χ3v) is 5.92. The highest BCUT2D eigenvalue weighted by Crippen LogP contribution is 2.22. The minimum Gasteiger partial charge on any atom is -0.339 e. The van der Waals surface area contributed by atoms with Crippen molar-refractivity contribution in [2.45, 2.75) is 50.0 Å². The molecule has 5 nitrogen and oxygen atoms in total. The molecule has 1 aromatic rings. The Morgan fingerprint density at radius 1 is 1.22 bits per heavy atom. The van der Waals surface area contributed by atoms with Crippen LogP contribution in [-0.4, -0.2) is 38.4 Å². The molecular weight excluding hydrogens is 336 g/mol. The molecule has 0 saturated heterocycles. The number of hydrogen-bond acceptors (Lipinski definition) is 3. The van der Waals surface area contributed by atoms with Gasteiger partial charge in [-0.25, -0.2) is 13.1 Å². The summed E-state index contributed by atoms with van der Waals surface area (Å²) in [6.45, 7) is 2.15. The molecule has 0 radical (unpaired) electrons. The van der Waals surface area contributed by atoms with Crippen molar-refractivity contribution in [3.05, 3.63) is 29.3 Å². The summed E-state index contributed by atoms with van der Waals surface area (Å²) in [5.74, 6) is 0.00240. The molecule has 1 aliphatic rings. The summed E-state index contributed by atoms with van der Waals surface area (Å²) in [5.41, 5.74) is 0. The Hall–Kier alpha value is -1.11. The van der Waals surface area contributed by atoms with Crippen LogP contribution in [0.5, 0.6) is 0 Å². The van der Waals surface area contributed by atoms with Crippen LogP contribution in [0.25, 0.3) is 0 Å². The molecule has 0 bridgehead atoms. The molecule has 0 unspecified atom stereocenters. The van der Waals surface area contributed by atoms with Crippen molar-refractivity contribution in [1.82, 2.24) is 9.62 Å². The van der Waals surface area contributed by atoms with E-state index in [0.29, 0.717) is 11.6 Å². The molecular formula is C16H23ClN2O3S. The van der Waals surface area contributed by atoms with E-state index in [4.69, 9.17) is 11.6 Å². The fourth-order valence-electron chi connectivity index (χ4n) is 2.99. The zero-order valence-electron chi connectivity index (χ0n) is 13.3. The van der Waals surface area contributed by atoms with Gasteiger partial charge in [0.2, 0.25) is 15.9 Å². The number of benzene rings is 1. The Morgan fingerprint density at radius 3 is 2.39 bits per heavy atom. The van der Waals surface area contributed by atoms with Gasteiger partial charge >= 0.3 is 0 Å². The van der Waals surface area contributed by atoms with Crippen molar-refractivity contribution < 1.29 is 13.2 Å². The van der Waals surface area contributed by atoms with Gasteiger partial charge in [-0.1, -0.05) is 30.9 Å². The summed E-state index contributed by atoms with van der Waals surface area (Å²) in [4.78, 5) is 13.8. The van der Waals surface area contributed by atoms with Crippen LogP contribution < -0.4 is 4.72 Å². The number of nitrogens with one attached hydrogen (secondary N) is 1. The van der Waals surface area contributed by atoms with Crippen molar-refractivity contribution in [2.75, 3.05) is 13.1 Å². The average Bonchev–Trinajstić information content (AvgIpc) is 2.52. The summed E-state index contributed by atoms with van der Waals surface area (Å²) in [7, 11) is -3.58. The summed E-state index contributed by atoms with van der Waals surface area (Å²) < 4.78 is 27.0. The molecule has 23 heavy (non-hydrogen) atoms. The van der Waals surface area contributed by atoms with Crippen molar-refractivity contribution in [3.63, 3.8) is 0 Å². The summed E-state index contributed by atoms with van der Waals surface area (Å²) in [6, 6.07) is 6.25. The number of rotatable bonds is 6. The lowest BCUT2D eigenvalue weighted by molar-refractivity contribution is -0.131. The lowest BCUT2D eigenvalue weighted by Crippen LogP contribution is -2.44. The highest BCUT2D eigenvalue weighted by molar-refractivity contribution is 7.89. The van der Waals surface area contributed by atoms with Crippen molar-refractivity contribution >= 4 is 27.5 Å². The van der Waals surface area contributed by atoms with E-state index in [9.17, 15) is 13.2 Å². The maximum Gasteiger partial charge on any atom is 0.240 e. The van der Waals surface area contributed by atoms with Crippen molar-refractivity contribution in [3.8, 4) is 0 Å². The smallest absolute Gasteiger partial charge is 0.240 e. The first-order valence-electron chi connectivity index (χ1n) is 7.92. The molecule has 1 fully saturated rings. The van der Waals surface area contributed by atoms with Crippen molar-refractivity contribution in [2.24, 2.45) is 0 Å². The Morgan fingerprint density at radius 2 is 1.83 bits per heavy atom. The van der Waals surface area contributed by atoms with Crippen LogP contribution in [0.2, 0.25) is 5.02 Å². The molecule has 0 aromatic heterocycles. The number of amides is 1. The summed E-state index contributed by atoms with van der Waals surface area (Å²) >= 11 is 5.77.